The van der Waals surface area contributed by atoms with Crippen LogP contribution >= 0.6 is 0 Å². The molecule has 0 saturated heterocycles. The summed E-state index contributed by atoms with van der Waals surface area (Å²) >= 11 is 0. The first-order valence-corrected chi connectivity index (χ1v) is 9.22. The zero-order valence-corrected chi connectivity index (χ0v) is 14.2. The van der Waals surface area contributed by atoms with Gasteiger partial charge >= 0.3 is 0 Å². The van der Waals surface area contributed by atoms with Crippen molar-refractivity contribution in [2.75, 3.05) is 0 Å². The van der Waals surface area contributed by atoms with Gasteiger partial charge in [-0.1, -0.05) is 108 Å². The predicted molar refractivity (Wildman–Crippen MR) is 95.6 cm³/mol. The fourth-order valence-corrected chi connectivity index (χ4v) is 3.14. The molecule has 1 aromatic rings. The fraction of sp³-hybridized carbons (Fsp3) is 0.667. The van der Waals surface area contributed by atoms with Crippen molar-refractivity contribution < 1.29 is 0 Å². The third-order valence-corrected chi connectivity index (χ3v) is 4.57. The molecule has 1 rings (SSSR count). The lowest BCUT2D eigenvalue weighted by molar-refractivity contribution is 0.518. The largest absolute Gasteiger partial charge is 0.0648 e. The minimum Gasteiger partial charge on any atom is -0.0648 e. The molecule has 21 heavy (non-hydrogen) atoms. The topological polar surface area (TPSA) is 0 Å². The number of hydrogen-bond donors (Lipinski definition) is 0. The Hall–Kier alpha value is -0.780. The number of benzene rings is 1. The molecule has 0 spiro atoms. The molecule has 0 heteroatoms. The minimum absolute atomic E-state index is 0.772. The first-order valence-electron chi connectivity index (χ1n) is 9.22. The van der Waals surface area contributed by atoms with Gasteiger partial charge in [0.15, 0.2) is 0 Å². The third-order valence-electron chi connectivity index (χ3n) is 4.57. The van der Waals surface area contributed by atoms with Crippen molar-refractivity contribution in [2.24, 2.45) is 0 Å². The van der Waals surface area contributed by atoms with Crippen molar-refractivity contribution >= 4 is 0 Å². The van der Waals surface area contributed by atoms with E-state index in [0.717, 1.165) is 12.3 Å². The van der Waals surface area contributed by atoms with Crippen molar-refractivity contribution in [3.05, 3.63) is 42.8 Å². The Kier molecular flexibility index (Phi) is 11.2. The summed E-state index contributed by atoms with van der Waals surface area (Å²) in [5.74, 6) is 0.772. The van der Waals surface area contributed by atoms with Crippen LogP contribution in [0.1, 0.15) is 95.5 Å². The lowest BCUT2D eigenvalue weighted by Crippen LogP contribution is -1.97. The molecule has 0 aliphatic heterocycles. The molecular formula is C21H35. The van der Waals surface area contributed by atoms with E-state index in [1.54, 1.807) is 0 Å². The van der Waals surface area contributed by atoms with E-state index in [9.17, 15) is 0 Å². The van der Waals surface area contributed by atoms with Crippen molar-refractivity contribution in [3.63, 3.8) is 0 Å². The minimum atomic E-state index is 0.772. The van der Waals surface area contributed by atoms with E-state index in [-0.39, 0.29) is 0 Å². The van der Waals surface area contributed by atoms with Gasteiger partial charge in [0, 0.05) is 0 Å². The van der Waals surface area contributed by atoms with Crippen LogP contribution in [-0.4, -0.2) is 0 Å². The van der Waals surface area contributed by atoms with Crippen molar-refractivity contribution in [1.29, 1.82) is 0 Å². The van der Waals surface area contributed by atoms with Crippen LogP contribution < -0.4 is 0 Å². The Morgan fingerprint density at radius 2 is 1.29 bits per heavy atom. The molecule has 0 nitrogen and oxygen atoms in total. The molecule has 119 valence electrons. The second-order valence-electron chi connectivity index (χ2n) is 6.34. The second kappa shape index (κ2) is 12.9. The van der Waals surface area contributed by atoms with E-state index < -0.39 is 0 Å². The summed E-state index contributed by atoms with van der Waals surface area (Å²) in [4.78, 5) is 0. The Bertz CT molecular complexity index is 314. The highest BCUT2D eigenvalue weighted by molar-refractivity contribution is 5.19. The third kappa shape index (κ3) is 8.96. The van der Waals surface area contributed by atoms with Crippen LogP contribution in [0.4, 0.5) is 0 Å². The summed E-state index contributed by atoms with van der Waals surface area (Å²) in [6.45, 7) is 6.22. The maximum absolute atomic E-state index is 3.90. The highest BCUT2D eigenvalue weighted by Crippen LogP contribution is 2.25. The molecule has 0 bridgehead atoms. The van der Waals surface area contributed by atoms with Gasteiger partial charge in [0.1, 0.15) is 0 Å². The molecule has 0 amide bonds. The monoisotopic (exact) mass is 287 g/mol. The van der Waals surface area contributed by atoms with Crippen LogP contribution in [0.15, 0.2) is 30.3 Å². The molecule has 0 aromatic heterocycles. The Morgan fingerprint density at radius 1 is 0.762 bits per heavy atom. The van der Waals surface area contributed by atoms with Crippen LogP contribution in [0.2, 0.25) is 0 Å². The van der Waals surface area contributed by atoms with Crippen LogP contribution in [-0.2, 0) is 0 Å². The predicted octanol–water partition coefficient (Wildman–Crippen LogP) is 7.31. The van der Waals surface area contributed by atoms with Gasteiger partial charge in [0.05, 0.1) is 0 Å². The molecule has 0 aliphatic rings. The van der Waals surface area contributed by atoms with Gasteiger partial charge in [0.2, 0.25) is 0 Å². The second-order valence-corrected chi connectivity index (χ2v) is 6.34. The fourth-order valence-electron chi connectivity index (χ4n) is 3.14. The average Bonchev–Trinajstić information content (AvgIpc) is 2.54. The van der Waals surface area contributed by atoms with Crippen molar-refractivity contribution in [3.8, 4) is 0 Å². The Morgan fingerprint density at radius 3 is 1.81 bits per heavy atom. The van der Waals surface area contributed by atoms with E-state index in [0.29, 0.717) is 0 Å². The van der Waals surface area contributed by atoms with Crippen LogP contribution in [0.5, 0.6) is 0 Å². The highest BCUT2D eigenvalue weighted by Gasteiger charge is 2.07. The van der Waals surface area contributed by atoms with Gasteiger partial charge in [-0.25, -0.2) is 0 Å². The normalized spacial score (nSPS) is 12.5. The summed E-state index contributed by atoms with van der Waals surface area (Å²) < 4.78 is 0. The van der Waals surface area contributed by atoms with Crippen molar-refractivity contribution in [1.82, 2.24) is 0 Å². The highest BCUT2D eigenvalue weighted by atomic mass is 14.1. The quantitative estimate of drug-likeness (QED) is 0.334. The summed E-state index contributed by atoms with van der Waals surface area (Å²) in [5, 5.41) is 0. The van der Waals surface area contributed by atoms with Gasteiger partial charge in [-0.3, -0.25) is 0 Å². The molecule has 0 heterocycles. The summed E-state index contributed by atoms with van der Waals surface area (Å²) in [5.41, 5.74) is 1.53. The van der Waals surface area contributed by atoms with Gasteiger partial charge in [-0.2, -0.15) is 0 Å². The average molecular weight is 288 g/mol. The van der Waals surface area contributed by atoms with E-state index in [2.05, 4.69) is 44.2 Å². The van der Waals surface area contributed by atoms with Crippen LogP contribution in [0.25, 0.3) is 0 Å². The molecule has 0 N–H and O–H groups in total. The standard InChI is InChI=1S/C21H35/c1-3-5-6-7-8-9-10-11-12-14-17-20(4-2)21-18-15-13-16-19-21/h13,15-16,18-20H,1,3-12,14,17H2,2H3. The molecule has 1 aromatic carbocycles. The molecule has 1 unspecified atom stereocenters. The number of unbranched alkanes of at least 4 members (excludes halogenated alkanes) is 9. The molecular weight excluding hydrogens is 252 g/mol. The van der Waals surface area contributed by atoms with Gasteiger partial charge in [0.25, 0.3) is 0 Å². The SMILES string of the molecule is [CH2]CCCCCCCCCCCC(CC)c1ccccc1. The Balaban J connectivity index is 1.98. The number of hydrogen-bond acceptors (Lipinski definition) is 0. The first-order chi connectivity index (χ1) is 10.4. The summed E-state index contributed by atoms with van der Waals surface area (Å²) in [6, 6.07) is 11.0. The first kappa shape index (κ1) is 18.3. The van der Waals surface area contributed by atoms with Gasteiger partial charge in [-0.05, 0) is 24.3 Å². The molecule has 0 fully saturated rings. The van der Waals surface area contributed by atoms with E-state index in [4.69, 9.17) is 0 Å². The zero-order chi connectivity index (χ0) is 15.2. The lowest BCUT2D eigenvalue weighted by atomic mass is 9.91. The Labute approximate surface area is 133 Å². The van der Waals surface area contributed by atoms with Gasteiger partial charge in [-0.15, -0.1) is 0 Å². The van der Waals surface area contributed by atoms with E-state index in [1.165, 1.54) is 76.2 Å². The lowest BCUT2D eigenvalue weighted by Gasteiger charge is -2.15. The molecule has 1 atom stereocenters. The van der Waals surface area contributed by atoms with Gasteiger partial charge < -0.3 is 0 Å². The van der Waals surface area contributed by atoms with Crippen LogP contribution in [0, 0.1) is 6.92 Å². The molecule has 0 aliphatic carbocycles. The van der Waals surface area contributed by atoms with E-state index >= 15 is 0 Å². The molecule has 1 radical (unpaired) electrons. The maximum atomic E-state index is 3.90. The summed E-state index contributed by atoms with van der Waals surface area (Å²) in [6.07, 6.45) is 16.4. The molecule has 0 saturated carbocycles. The number of rotatable bonds is 13. The van der Waals surface area contributed by atoms with Crippen LogP contribution in [0.3, 0.4) is 0 Å². The van der Waals surface area contributed by atoms with E-state index in [1.807, 2.05) is 0 Å². The smallest absolute Gasteiger partial charge is 0.0165 e. The summed E-state index contributed by atoms with van der Waals surface area (Å²) in [7, 11) is 0. The van der Waals surface area contributed by atoms with Crippen molar-refractivity contribution in [2.45, 2.75) is 89.9 Å². The zero-order valence-electron chi connectivity index (χ0n) is 14.2. The maximum Gasteiger partial charge on any atom is -0.0165 e.